The largest absolute Gasteiger partial charge is 0.487 e. The molecule has 1 fully saturated rings. The smallest absolute Gasteiger partial charge is 0.251 e. The number of halogens is 2. The highest BCUT2D eigenvalue weighted by Gasteiger charge is 2.35. The molecule has 1 heterocycles. The Morgan fingerprint density at radius 2 is 1.88 bits per heavy atom. The van der Waals surface area contributed by atoms with Gasteiger partial charge in [-0.05, 0) is 66.8 Å². The van der Waals surface area contributed by atoms with Gasteiger partial charge in [0, 0.05) is 30.7 Å². The van der Waals surface area contributed by atoms with Crippen LogP contribution >= 0.6 is 11.6 Å². The Bertz CT molecular complexity index is 1130. The van der Waals surface area contributed by atoms with Crippen LogP contribution in [-0.2, 0) is 16.8 Å². The van der Waals surface area contributed by atoms with Gasteiger partial charge in [0.25, 0.3) is 5.91 Å². The molecule has 6 heteroatoms. The van der Waals surface area contributed by atoms with Gasteiger partial charge in [0.1, 0.15) is 18.2 Å². The van der Waals surface area contributed by atoms with Crippen LogP contribution in [-0.4, -0.2) is 25.7 Å². The minimum atomic E-state index is -0.317. The number of hydrogen-bond acceptors (Lipinski definition) is 3. The molecule has 0 radical (unpaired) electrons. The number of carbonyl (C=O) groups is 1. The number of benzene rings is 3. The maximum Gasteiger partial charge on any atom is 0.251 e. The summed E-state index contributed by atoms with van der Waals surface area (Å²) in [6.07, 6.45) is 1.71. The number of hydrogen-bond donors (Lipinski definition) is 1. The van der Waals surface area contributed by atoms with Gasteiger partial charge in [-0.2, -0.15) is 0 Å². The molecule has 0 saturated carbocycles. The Morgan fingerprint density at radius 1 is 1.09 bits per heavy atom. The Kier molecular flexibility index (Phi) is 7.31. The summed E-state index contributed by atoms with van der Waals surface area (Å²) in [7, 11) is 0. The fraction of sp³-hybridized carbons (Fsp3) is 0.296. The van der Waals surface area contributed by atoms with E-state index in [1.165, 1.54) is 23.3 Å². The zero-order chi connectivity index (χ0) is 23.3. The van der Waals surface area contributed by atoms with Crippen LogP contribution < -0.4 is 10.1 Å². The van der Waals surface area contributed by atoms with Crippen molar-refractivity contribution in [3.8, 4) is 5.75 Å². The van der Waals surface area contributed by atoms with Crippen molar-refractivity contribution in [2.75, 3.05) is 19.8 Å². The monoisotopic (exact) mass is 467 g/mol. The van der Waals surface area contributed by atoms with E-state index in [0.29, 0.717) is 41.7 Å². The number of carbonyl (C=O) groups excluding carboxylic acids is 1. The van der Waals surface area contributed by atoms with Crippen LogP contribution in [0, 0.1) is 12.7 Å². The Hall–Kier alpha value is -2.89. The van der Waals surface area contributed by atoms with Crippen LogP contribution in [0.4, 0.5) is 4.39 Å². The highest BCUT2D eigenvalue weighted by Crippen LogP contribution is 2.36. The van der Waals surface area contributed by atoms with Crippen molar-refractivity contribution >= 4 is 17.5 Å². The molecule has 1 saturated heterocycles. The molecule has 3 aromatic carbocycles. The van der Waals surface area contributed by atoms with E-state index in [1.807, 2.05) is 12.1 Å². The lowest BCUT2D eigenvalue weighted by molar-refractivity contribution is 0.0485. The highest BCUT2D eigenvalue weighted by molar-refractivity contribution is 6.32. The second-order valence-corrected chi connectivity index (χ2v) is 8.86. The summed E-state index contributed by atoms with van der Waals surface area (Å²) in [4.78, 5) is 12.9. The van der Waals surface area contributed by atoms with Gasteiger partial charge in [-0.1, -0.05) is 48.0 Å². The number of rotatable bonds is 7. The molecule has 3 aromatic rings. The van der Waals surface area contributed by atoms with E-state index < -0.39 is 0 Å². The first-order valence-electron chi connectivity index (χ1n) is 11.1. The van der Waals surface area contributed by atoms with E-state index in [9.17, 15) is 9.18 Å². The summed E-state index contributed by atoms with van der Waals surface area (Å²) < 4.78 is 24.7. The van der Waals surface area contributed by atoms with Crippen LogP contribution in [0.15, 0.2) is 66.7 Å². The molecule has 33 heavy (non-hydrogen) atoms. The van der Waals surface area contributed by atoms with Crippen molar-refractivity contribution < 1.29 is 18.7 Å². The van der Waals surface area contributed by atoms with Crippen molar-refractivity contribution in [1.82, 2.24) is 5.32 Å². The molecule has 1 N–H and O–H groups in total. The van der Waals surface area contributed by atoms with E-state index in [-0.39, 0.29) is 23.7 Å². The third kappa shape index (κ3) is 5.55. The summed E-state index contributed by atoms with van der Waals surface area (Å²) >= 11 is 6.37. The molecule has 0 atom stereocenters. The summed E-state index contributed by atoms with van der Waals surface area (Å²) in [6, 6.07) is 19.5. The lowest BCUT2D eigenvalue weighted by Crippen LogP contribution is -2.45. The SMILES string of the molecule is Cc1ccccc1C1(CNC(=O)c2ccc(OCc3cccc(F)c3)c(Cl)c2)CCOCC1. The van der Waals surface area contributed by atoms with Gasteiger partial charge >= 0.3 is 0 Å². The number of nitrogens with one attached hydrogen (secondary N) is 1. The maximum absolute atomic E-state index is 13.3. The average molecular weight is 468 g/mol. The first-order chi connectivity index (χ1) is 16.0. The second kappa shape index (κ2) is 10.4. The Balaban J connectivity index is 1.43. The van der Waals surface area contributed by atoms with Crippen molar-refractivity contribution in [3.63, 3.8) is 0 Å². The minimum Gasteiger partial charge on any atom is -0.487 e. The molecule has 0 spiro atoms. The van der Waals surface area contributed by atoms with Gasteiger partial charge in [0.2, 0.25) is 0 Å². The van der Waals surface area contributed by atoms with Gasteiger partial charge in [-0.15, -0.1) is 0 Å². The predicted molar refractivity (Wildman–Crippen MR) is 127 cm³/mol. The van der Waals surface area contributed by atoms with Gasteiger partial charge in [0.05, 0.1) is 5.02 Å². The van der Waals surface area contributed by atoms with E-state index in [2.05, 4.69) is 24.4 Å². The van der Waals surface area contributed by atoms with Crippen molar-refractivity contribution in [2.45, 2.75) is 31.8 Å². The van der Waals surface area contributed by atoms with Crippen molar-refractivity contribution in [1.29, 1.82) is 0 Å². The van der Waals surface area contributed by atoms with Crippen LogP contribution in [0.1, 0.15) is 39.9 Å². The minimum absolute atomic E-state index is 0.156. The normalized spacial score (nSPS) is 15.1. The van der Waals surface area contributed by atoms with E-state index in [4.69, 9.17) is 21.1 Å². The van der Waals surface area contributed by atoms with E-state index in [1.54, 1.807) is 30.3 Å². The molecule has 1 aliphatic rings. The molecule has 0 aliphatic carbocycles. The second-order valence-electron chi connectivity index (χ2n) is 8.45. The van der Waals surface area contributed by atoms with Gasteiger partial charge < -0.3 is 14.8 Å². The summed E-state index contributed by atoms with van der Waals surface area (Å²) in [5.74, 6) is -0.0615. The molecule has 0 aromatic heterocycles. The quantitative estimate of drug-likeness (QED) is 0.474. The van der Waals surface area contributed by atoms with Gasteiger partial charge in [0.15, 0.2) is 0 Å². The van der Waals surface area contributed by atoms with Gasteiger partial charge in [-0.25, -0.2) is 4.39 Å². The fourth-order valence-electron chi connectivity index (χ4n) is 4.37. The maximum atomic E-state index is 13.3. The standard InChI is InChI=1S/C27H27ClFNO3/c1-19-5-2-3-8-23(19)27(11-13-32-14-12-27)18-30-26(31)21-9-10-25(24(28)16-21)33-17-20-6-4-7-22(29)15-20/h2-10,15-16H,11-14,17-18H2,1H3,(H,30,31). The van der Waals surface area contributed by atoms with E-state index >= 15 is 0 Å². The topological polar surface area (TPSA) is 47.6 Å². The fourth-order valence-corrected chi connectivity index (χ4v) is 4.61. The molecular formula is C27H27ClFNO3. The summed E-state index contributed by atoms with van der Waals surface area (Å²) in [6.45, 7) is 4.16. The highest BCUT2D eigenvalue weighted by atomic mass is 35.5. The first kappa shape index (κ1) is 23.3. The van der Waals surface area contributed by atoms with E-state index in [0.717, 1.165) is 12.8 Å². The average Bonchev–Trinajstić information content (AvgIpc) is 2.82. The zero-order valence-corrected chi connectivity index (χ0v) is 19.3. The van der Waals surface area contributed by atoms with Crippen LogP contribution in [0.2, 0.25) is 5.02 Å². The van der Waals surface area contributed by atoms with Crippen LogP contribution in [0.25, 0.3) is 0 Å². The predicted octanol–water partition coefficient (Wildman–Crippen LogP) is 5.84. The number of amides is 1. The van der Waals surface area contributed by atoms with Crippen molar-refractivity contribution in [2.24, 2.45) is 0 Å². The molecule has 0 unspecified atom stereocenters. The van der Waals surface area contributed by atoms with Crippen LogP contribution in [0.3, 0.4) is 0 Å². The zero-order valence-electron chi connectivity index (χ0n) is 18.6. The summed E-state index contributed by atoms with van der Waals surface area (Å²) in [5, 5.41) is 3.44. The molecule has 1 aliphatic heterocycles. The van der Waals surface area contributed by atoms with Gasteiger partial charge in [-0.3, -0.25) is 4.79 Å². The molecule has 0 bridgehead atoms. The lowest BCUT2D eigenvalue weighted by Gasteiger charge is -2.39. The molecule has 4 rings (SSSR count). The Labute approximate surface area is 198 Å². The molecule has 1 amide bonds. The first-order valence-corrected chi connectivity index (χ1v) is 11.4. The third-order valence-corrected chi connectivity index (χ3v) is 6.53. The lowest BCUT2D eigenvalue weighted by atomic mass is 9.72. The Morgan fingerprint density at radius 3 is 2.61 bits per heavy atom. The summed E-state index contributed by atoms with van der Waals surface area (Å²) in [5.41, 5.74) is 3.48. The van der Waals surface area contributed by atoms with Crippen LogP contribution in [0.5, 0.6) is 5.75 Å². The molecular weight excluding hydrogens is 441 g/mol. The molecule has 4 nitrogen and oxygen atoms in total. The molecule has 172 valence electrons. The number of aryl methyl sites for hydroxylation is 1. The van der Waals surface area contributed by atoms with Crippen molar-refractivity contribution in [3.05, 3.63) is 99.8 Å². The number of ether oxygens (including phenoxy) is 2. The third-order valence-electron chi connectivity index (χ3n) is 6.23.